The molecule has 6 heteroatoms. The summed E-state index contributed by atoms with van der Waals surface area (Å²) in [5.41, 5.74) is 8.84. The number of nitrogen functional groups attached to an aromatic ring is 1. The molecule has 106 valence electrons. The Kier molecular flexibility index (Phi) is 3.35. The average Bonchev–Trinajstić information content (AvgIpc) is 2.92. The van der Waals surface area contributed by atoms with Crippen LogP contribution in [0.25, 0.3) is 11.4 Å². The first-order valence-electron chi connectivity index (χ1n) is 6.51. The Morgan fingerprint density at radius 3 is 2.81 bits per heavy atom. The van der Waals surface area contributed by atoms with Crippen LogP contribution in [0.5, 0.6) is 0 Å². The van der Waals surface area contributed by atoms with Crippen molar-refractivity contribution in [3.63, 3.8) is 0 Å². The lowest BCUT2D eigenvalue weighted by atomic mass is 10.1. The maximum atomic E-state index is 13.8. The summed E-state index contributed by atoms with van der Waals surface area (Å²) in [4.78, 5) is 0. The summed E-state index contributed by atoms with van der Waals surface area (Å²) in [5, 5.41) is 11.7. The van der Waals surface area contributed by atoms with Gasteiger partial charge >= 0.3 is 0 Å². The van der Waals surface area contributed by atoms with Gasteiger partial charge in [0.2, 0.25) is 0 Å². The zero-order valence-corrected chi connectivity index (χ0v) is 11.5. The van der Waals surface area contributed by atoms with Crippen LogP contribution < -0.4 is 5.73 Å². The molecule has 3 aromatic rings. The zero-order chi connectivity index (χ0) is 14.8. The molecule has 0 aliphatic rings. The fraction of sp³-hybridized carbons (Fsp3) is 0.133. The molecule has 3 rings (SSSR count). The van der Waals surface area contributed by atoms with Gasteiger partial charge in [0.05, 0.1) is 6.54 Å². The summed E-state index contributed by atoms with van der Waals surface area (Å²) in [7, 11) is 0. The summed E-state index contributed by atoms with van der Waals surface area (Å²) in [6.45, 7) is 2.22. The molecule has 0 unspecified atom stereocenters. The number of benzene rings is 2. The minimum absolute atomic E-state index is 0.267. The maximum Gasteiger partial charge on any atom is 0.182 e. The largest absolute Gasteiger partial charge is 0.399 e. The van der Waals surface area contributed by atoms with E-state index in [1.807, 2.05) is 25.1 Å². The molecule has 0 saturated heterocycles. The number of aryl methyl sites for hydroxylation is 1. The third-order valence-electron chi connectivity index (χ3n) is 3.31. The fourth-order valence-electron chi connectivity index (χ4n) is 2.17. The predicted molar refractivity (Wildman–Crippen MR) is 77.9 cm³/mol. The standard InChI is InChI=1S/C15H14FN5/c1-10-6-7-12(17)8-13(10)15-18-19-20-21(15)9-11-4-2-3-5-14(11)16/h2-8H,9,17H2,1H3. The smallest absolute Gasteiger partial charge is 0.182 e. The SMILES string of the molecule is Cc1ccc(N)cc1-c1nnnn1Cc1ccccc1F. The van der Waals surface area contributed by atoms with Gasteiger partial charge in [-0.25, -0.2) is 9.07 Å². The lowest BCUT2D eigenvalue weighted by molar-refractivity contribution is 0.579. The molecule has 1 aromatic heterocycles. The minimum atomic E-state index is -0.275. The van der Waals surface area contributed by atoms with Gasteiger partial charge in [0.15, 0.2) is 5.82 Å². The zero-order valence-electron chi connectivity index (χ0n) is 11.5. The highest BCUT2D eigenvalue weighted by Crippen LogP contribution is 2.23. The van der Waals surface area contributed by atoms with Gasteiger partial charge in [-0.1, -0.05) is 24.3 Å². The fourth-order valence-corrected chi connectivity index (χ4v) is 2.17. The number of halogens is 1. The van der Waals surface area contributed by atoms with Gasteiger partial charge in [0.25, 0.3) is 0 Å². The monoisotopic (exact) mass is 283 g/mol. The number of hydrogen-bond donors (Lipinski definition) is 1. The number of tetrazole rings is 1. The van der Waals surface area contributed by atoms with Crippen molar-refractivity contribution in [2.75, 3.05) is 5.73 Å². The third kappa shape index (κ3) is 2.60. The molecular formula is C15H14FN5. The van der Waals surface area contributed by atoms with Gasteiger partial charge < -0.3 is 5.73 Å². The minimum Gasteiger partial charge on any atom is -0.399 e. The van der Waals surface area contributed by atoms with Crippen molar-refractivity contribution in [1.82, 2.24) is 20.2 Å². The highest BCUT2D eigenvalue weighted by molar-refractivity contribution is 5.65. The van der Waals surface area contributed by atoms with Crippen molar-refractivity contribution in [3.8, 4) is 11.4 Å². The second-order valence-electron chi connectivity index (χ2n) is 4.83. The molecule has 0 radical (unpaired) electrons. The second-order valence-corrected chi connectivity index (χ2v) is 4.83. The molecule has 5 nitrogen and oxygen atoms in total. The molecule has 2 aromatic carbocycles. The van der Waals surface area contributed by atoms with Gasteiger partial charge in [0, 0.05) is 16.8 Å². The van der Waals surface area contributed by atoms with Crippen molar-refractivity contribution >= 4 is 5.69 Å². The van der Waals surface area contributed by atoms with E-state index in [1.165, 1.54) is 6.07 Å². The van der Waals surface area contributed by atoms with Crippen molar-refractivity contribution in [2.24, 2.45) is 0 Å². The van der Waals surface area contributed by atoms with Crippen LogP contribution in [-0.2, 0) is 6.54 Å². The Labute approximate surface area is 121 Å². The van der Waals surface area contributed by atoms with Crippen molar-refractivity contribution in [1.29, 1.82) is 0 Å². The van der Waals surface area contributed by atoms with E-state index < -0.39 is 0 Å². The summed E-state index contributed by atoms with van der Waals surface area (Å²) < 4.78 is 15.3. The van der Waals surface area contributed by atoms with E-state index in [-0.39, 0.29) is 12.4 Å². The molecule has 0 bridgehead atoms. The Bertz CT molecular complexity index is 781. The number of nitrogens with two attached hydrogens (primary N) is 1. The highest BCUT2D eigenvalue weighted by atomic mass is 19.1. The van der Waals surface area contributed by atoms with E-state index in [0.29, 0.717) is 17.1 Å². The molecule has 0 fully saturated rings. The van der Waals surface area contributed by atoms with Crippen LogP contribution in [0.2, 0.25) is 0 Å². The number of rotatable bonds is 3. The number of aromatic nitrogens is 4. The third-order valence-corrected chi connectivity index (χ3v) is 3.31. The molecule has 0 saturated carbocycles. The molecule has 0 aliphatic carbocycles. The summed E-state index contributed by atoms with van der Waals surface area (Å²) >= 11 is 0. The number of hydrogen-bond acceptors (Lipinski definition) is 4. The van der Waals surface area contributed by atoms with Gasteiger partial charge in [-0.3, -0.25) is 0 Å². The van der Waals surface area contributed by atoms with Crippen LogP contribution in [0, 0.1) is 12.7 Å². The van der Waals surface area contributed by atoms with Crippen LogP contribution in [0.15, 0.2) is 42.5 Å². The van der Waals surface area contributed by atoms with Crippen LogP contribution in [0.4, 0.5) is 10.1 Å². The van der Waals surface area contributed by atoms with E-state index in [9.17, 15) is 4.39 Å². The Morgan fingerprint density at radius 2 is 2.00 bits per heavy atom. The molecule has 1 heterocycles. The molecule has 0 atom stereocenters. The van der Waals surface area contributed by atoms with Gasteiger partial charge in [-0.05, 0) is 41.1 Å². The summed E-state index contributed by atoms with van der Waals surface area (Å²) in [6.07, 6.45) is 0. The Hall–Kier alpha value is -2.76. The van der Waals surface area contributed by atoms with Crippen molar-refractivity contribution in [3.05, 3.63) is 59.4 Å². The van der Waals surface area contributed by atoms with Gasteiger partial charge in [0.1, 0.15) is 5.82 Å². The first-order chi connectivity index (χ1) is 10.1. The van der Waals surface area contributed by atoms with Crippen LogP contribution in [-0.4, -0.2) is 20.2 Å². The molecule has 0 aliphatic heterocycles. The van der Waals surface area contributed by atoms with Crippen molar-refractivity contribution < 1.29 is 4.39 Å². The Morgan fingerprint density at radius 1 is 1.19 bits per heavy atom. The molecule has 0 amide bonds. The molecule has 21 heavy (non-hydrogen) atoms. The van der Waals surface area contributed by atoms with E-state index in [0.717, 1.165) is 11.1 Å². The first kappa shape index (κ1) is 13.2. The number of nitrogens with zero attached hydrogens (tertiary/aromatic N) is 4. The van der Waals surface area contributed by atoms with E-state index >= 15 is 0 Å². The lowest BCUT2D eigenvalue weighted by Gasteiger charge is -2.08. The number of anilines is 1. The second kappa shape index (κ2) is 5.32. The molecule has 0 spiro atoms. The average molecular weight is 283 g/mol. The maximum absolute atomic E-state index is 13.8. The van der Waals surface area contributed by atoms with Gasteiger partial charge in [-0.2, -0.15) is 0 Å². The van der Waals surface area contributed by atoms with E-state index in [1.54, 1.807) is 22.9 Å². The van der Waals surface area contributed by atoms with Crippen LogP contribution >= 0.6 is 0 Å². The Balaban J connectivity index is 2.02. The van der Waals surface area contributed by atoms with Crippen LogP contribution in [0.3, 0.4) is 0 Å². The van der Waals surface area contributed by atoms with E-state index in [4.69, 9.17) is 5.73 Å². The molecule has 2 N–H and O–H groups in total. The summed E-state index contributed by atoms with van der Waals surface area (Å²) in [6, 6.07) is 12.1. The summed E-state index contributed by atoms with van der Waals surface area (Å²) in [5.74, 6) is 0.298. The topological polar surface area (TPSA) is 69.6 Å². The van der Waals surface area contributed by atoms with E-state index in [2.05, 4.69) is 15.5 Å². The normalized spacial score (nSPS) is 10.8. The lowest BCUT2D eigenvalue weighted by Crippen LogP contribution is -2.06. The van der Waals surface area contributed by atoms with Gasteiger partial charge in [-0.15, -0.1) is 5.10 Å². The quantitative estimate of drug-likeness (QED) is 0.749. The molecular weight excluding hydrogens is 269 g/mol. The predicted octanol–water partition coefficient (Wildman–Crippen LogP) is 2.42. The highest BCUT2D eigenvalue weighted by Gasteiger charge is 2.13. The van der Waals surface area contributed by atoms with Crippen LogP contribution in [0.1, 0.15) is 11.1 Å². The van der Waals surface area contributed by atoms with Crippen molar-refractivity contribution in [2.45, 2.75) is 13.5 Å². The first-order valence-corrected chi connectivity index (χ1v) is 6.51.